The Morgan fingerprint density at radius 3 is 2.83 bits per heavy atom. The zero-order chi connectivity index (χ0) is 9.14. The van der Waals surface area contributed by atoms with Crippen LogP contribution in [0.5, 0.6) is 0 Å². The number of ketones is 1. The summed E-state index contributed by atoms with van der Waals surface area (Å²) in [5, 5.41) is 0. The van der Waals surface area contributed by atoms with Gasteiger partial charge in [-0.3, -0.25) is 4.79 Å². The van der Waals surface area contributed by atoms with Crippen LogP contribution >= 0.6 is 0 Å². The third-order valence-corrected chi connectivity index (χ3v) is 3.04. The fourth-order valence-electron chi connectivity index (χ4n) is 1.94. The Labute approximate surface area is 74.9 Å². The average molecular weight is 169 g/mol. The van der Waals surface area contributed by atoms with E-state index >= 15 is 0 Å². The second-order valence-corrected chi connectivity index (χ2v) is 3.90. The minimum atomic E-state index is 0.443. The molecule has 0 saturated heterocycles. The Morgan fingerprint density at radius 1 is 1.58 bits per heavy atom. The molecule has 12 heavy (non-hydrogen) atoms. The molecule has 2 unspecified atom stereocenters. The number of carbonyl (C=O) groups excluding carboxylic acids is 1. The number of Topliss-reactive ketones (excluding diaryl/α,β-unsaturated/α-hetero) is 1. The number of rotatable bonds is 2. The molecule has 0 aromatic heterocycles. The van der Waals surface area contributed by atoms with Crippen molar-refractivity contribution in [3.63, 3.8) is 0 Å². The molecular weight excluding hydrogens is 150 g/mol. The SMILES string of the molecule is CCN(C)C1CC(=O)CCC1C. The minimum absolute atomic E-state index is 0.443. The summed E-state index contributed by atoms with van der Waals surface area (Å²) in [6, 6.07) is 0.497. The molecule has 0 N–H and O–H groups in total. The van der Waals surface area contributed by atoms with Crippen LogP contribution < -0.4 is 0 Å². The lowest BCUT2D eigenvalue weighted by Gasteiger charge is -2.34. The molecule has 2 atom stereocenters. The molecule has 1 fully saturated rings. The standard InChI is InChI=1S/C10H19NO/c1-4-11(3)10-7-9(12)6-5-8(10)2/h8,10H,4-7H2,1-3H3. The van der Waals surface area contributed by atoms with E-state index in [1.165, 1.54) is 0 Å². The summed E-state index contributed by atoms with van der Waals surface area (Å²) in [5.74, 6) is 1.13. The van der Waals surface area contributed by atoms with Gasteiger partial charge in [-0.15, -0.1) is 0 Å². The first-order chi connectivity index (χ1) is 5.65. The topological polar surface area (TPSA) is 20.3 Å². The van der Waals surface area contributed by atoms with Crippen molar-refractivity contribution >= 4 is 5.78 Å². The Hall–Kier alpha value is -0.370. The van der Waals surface area contributed by atoms with Gasteiger partial charge in [0.05, 0.1) is 0 Å². The fourth-order valence-corrected chi connectivity index (χ4v) is 1.94. The summed E-state index contributed by atoms with van der Waals surface area (Å²) in [5.41, 5.74) is 0. The highest BCUT2D eigenvalue weighted by molar-refractivity contribution is 5.79. The van der Waals surface area contributed by atoms with Gasteiger partial charge in [-0.05, 0) is 25.9 Å². The molecule has 1 rings (SSSR count). The summed E-state index contributed by atoms with van der Waals surface area (Å²) < 4.78 is 0. The highest BCUT2D eigenvalue weighted by Gasteiger charge is 2.28. The van der Waals surface area contributed by atoms with E-state index in [2.05, 4.69) is 25.8 Å². The van der Waals surface area contributed by atoms with Crippen LogP contribution in [0.2, 0.25) is 0 Å². The van der Waals surface area contributed by atoms with Crippen molar-refractivity contribution < 1.29 is 4.79 Å². The maximum Gasteiger partial charge on any atom is 0.134 e. The first-order valence-corrected chi connectivity index (χ1v) is 4.87. The van der Waals surface area contributed by atoms with Gasteiger partial charge in [0.2, 0.25) is 0 Å². The predicted octanol–water partition coefficient (Wildman–Crippen LogP) is 1.70. The van der Waals surface area contributed by atoms with Crippen molar-refractivity contribution in [1.29, 1.82) is 0 Å². The lowest BCUT2D eigenvalue weighted by Crippen LogP contribution is -2.41. The number of carbonyl (C=O) groups is 1. The second kappa shape index (κ2) is 4.04. The van der Waals surface area contributed by atoms with Gasteiger partial charge in [0.15, 0.2) is 0 Å². The van der Waals surface area contributed by atoms with Crippen molar-refractivity contribution in [2.75, 3.05) is 13.6 Å². The van der Waals surface area contributed by atoms with Crippen molar-refractivity contribution in [2.45, 2.75) is 39.2 Å². The van der Waals surface area contributed by atoms with Crippen molar-refractivity contribution in [2.24, 2.45) is 5.92 Å². The monoisotopic (exact) mass is 169 g/mol. The highest BCUT2D eigenvalue weighted by atomic mass is 16.1. The molecule has 0 spiro atoms. The normalized spacial score (nSPS) is 31.2. The number of hydrogen-bond donors (Lipinski definition) is 0. The molecule has 0 heterocycles. The van der Waals surface area contributed by atoms with E-state index in [0.717, 1.165) is 25.8 Å². The minimum Gasteiger partial charge on any atom is -0.303 e. The van der Waals surface area contributed by atoms with Gasteiger partial charge in [0, 0.05) is 18.9 Å². The van der Waals surface area contributed by atoms with Crippen LogP contribution in [-0.2, 0) is 4.79 Å². The van der Waals surface area contributed by atoms with Crippen LogP contribution in [0, 0.1) is 5.92 Å². The molecule has 70 valence electrons. The fraction of sp³-hybridized carbons (Fsp3) is 0.900. The number of hydrogen-bond acceptors (Lipinski definition) is 2. The first kappa shape index (κ1) is 9.72. The van der Waals surface area contributed by atoms with E-state index in [-0.39, 0.29) is 0 Å². The van der Waals surface area contributed by atoms with E-state index in [1.807, 2.05) is 0 Å². The van der Waals surface area contributed by atoms with Crippen molar-refractivity contribution in [3.05, 3.63) is 0 Å². The molecule has 0 aromatic rings. The molecule has 1 aliphatic rings. The molecule has 2 nitrogen and oxygen atoms in total. The maximum atomic E-state index is 11.2. The van der Waals surface area contributed by atoms with Crippen LogP contribution in [0.1, 0.15) is 33.1 Å². The smallest absolute Gasteiger partial charge is 0.134 e. The third-order valence-electron chi connectivity index (χ3n) is 3.04. The first-order valence-electron chi connectivity index (χ1n) is 4.87. The average Bonchev–Trinajstić information content (AvgIpc) is 2.08. The molecule has 0 radical (unpaired) electrons. The van der Waals surface area contributed by atoms with Crippen LogP contribution in [0.4, 0.5) is 0 Å². The quantitative estimate of drug-likeness (QED) is 0.627. The molecule has 1 saturated carbocycles. The molecule has 0 bridgehead atoms. The van der Waals surface area contributed by atoms with E-state index in [1.54, 1.807) is 0 Å². The van der Waals surface area contributed by atoms with Crippen LogP contribution in [-0.4, -0.2) is 30.3 Å². The summed E-state index contributed by atoms with van der Waals surface area (Å²) >= 11 is 0. The van der Waals surface area contributed by atoms with Gasteiger partial charge < -0.3 is 4.90 Å². The highest BCUT2D eigenvalue weighted by Crippen LogP contribution is 2.24. The molecule has 1 aliphatic carbocycles. The van der Waals surface area contributed by atoms with E-state index in [4.69, 9.17) is 0 Å². The molecular formula is C10H19NO. The Balaban J connectivity index is 2.54. The molecule has 0 amide bonds. The number of nitrogens with zero attached hydrogens (tertiary/aromatic N) is 1. The zero-order valence-electron chi connectivity index (χ0n) is 8.34. The summed E-state index contributed by atoms with van der Waals surface area (Å²) in [7, 11) is 2.11. The van der Waals surface area contributed by atoms with Gasteiger partial charge >= 0.3 is 0 Å². The largest absolute Gasteiger partial charge is 0.303 e. The van der Waals surface area contributed by atoms with Crippen LogP contribution in [0.3, 0.4) is 0 Å². The van der Waals surface area contributed by atoms with Gasteiger partial charge in [-0.2, -0.15) is 0 Å². The van der Waals surface area contributed by atoms with Gasteiger partial charge in [0.1, 0.15) is 5.78 Å². The van der Waals surface area contributed by atoms with Gasteiger partial charge in [0.25, 0.3) is 0 Å². The summed E-state index contributed by atoms with van der Waals surface area (Å²) in [4.78, 5) is 13.5. The Morgan fingerprint density at radius 2 is 2.25 bits per heavy atom. The Kier molecular flexibility index (Phi) is 3.27. The second-order valence-electron chi connectivity index (χ2n) is 3.90. The maximum absolute atomic E-state index is 11.2. The lowest BCUT2D eigenvalue weighted by molar-refractivity contribution is -0.123. The Bertz CT molecular complexity index is 163. The van der Waals surface area contributed by atoms with Gasteiger partial charge in [-0.25, -0.2) is 0 Å². The van der Waals surface area contributed by atoms with E-state index in [9.17, 15) is 4.79 Å². The van der Waals surface area contributed by atoms with Crippen molar-refractivity contribution in [3.8, 4) is 0 Å². The summed E-state index contributed by atoms with van der Waals surface area (Å²) in [6.45, 7) is 5.44. The summed E-state index contributed by atoms with van der Waals surface area (Å²) in [6.07, 6.45) is 2.65. The molecule has 0 aliphatic heterocycles. The molecule has 2 heteroatoms. The third kappa shape index (κ3) is 2.07. The van der Waals surface area contributed by atoms with E-state index < -0.39 is 0 Å². The molecule has 0 aromatic carbocycles. The predicted molar refractivity (Wildman–Crippen MR) is 50.1 cm³/mol. The lowest BCUT2D eigenvalue weighted by atomic mass is 9.84. The van der Waals surface area contributed by atoms with Crippen molar-refractivity contribution in [1.82, 2.24) is 4.90 Å². The van der Waals surface area contributed by atoms with Gasteiger partial charge in [-0.1, -0.05) is 13.8 Å². The van der Waals surface area contributed by atoms with Crippen LogP contribution in [0.25, 0.3) is 0 Å². The zero-order valence-corrected chi connectivity index (χ0v) is 8.34. The van der Waals surface area contributed by atoms with E-state index in [0.29, 0.717) is 17.7 Å². The van der Waals surface area contributed by atoms with Crippen LogP contribution in [0.15, 0.2) is 0 Å².